The van der Waals surface area contributed by atoms with Gasteiger partial charge in [0, 0.05) is 32.6 Å². The van der Waals surface area contributed by atoms with Crippen LogP contribution in [0.4, 0.5) is 4.79 Å². The number of likely N-dealkylation sites (N-methyl/N-ethyl adjacent to an activating group) is 1. The molecule has 0 spiro atoms. The van der Waals surface area contributed by atoms with Crippen molar-refractivity contribution in [3.05, 3.63) is 35.9 Å². The Balaban J connectivity index is 1.91. The van der Waals surface area contributed by atoms with Crippen LogP contribution in [0.25, 0.3) is 0 Å². The molecular formula is C19H29N3O3. The molecule has 0 bridgehead atoms. The van der Waals surface area contributed by atoms with Gasteiger partial charge in [0.25, 0.3) is 0 Å². The first kappa shape index (κ1) is 19.2. The fourth-order valence-corrected chi connectivity index (χ4v) is 2.91. The number of benzene rings is 1. The molecule has 1 N–H and O–H groups in total. The Bertz CT molecular complexity index is 583. The van der Waals surface area contributed by atoms with Gasteiger partial charge in [-0.3, -0.25) is 4.79 Å². The lowest BCUT2D eigenvalue weighted by Crippen LogP contribution is -2.49. The Morgan fingerprint density at radius 1 is 1.20 bits per heavy atom. The minimum Gasteiger partial charge on any atom is -0.444 e. The first-order chi connectivity index (χ1) is 11.8. The molecule has 2 amide bonds. The number of nitrogens with zero attached hydrogens (tertiary/aromatic N) is 2. The molecule has 25 heavy (non-hydrogen) atoms. The maximum Gasteiger partial charge on any atom is 0.407 e. The highest BCUT2D eigenvalue weighted by molar-refractivity contribution is 5.78. The van der Waals surface area contributed by atoms with Crippen LogP contribution in [0.3, 0.4) is 0 Å². The largest absolute Gasteiger partial charge is 0.444 e. The second-order valence-electron chi connectivity index (χ2n) is 7.45. The number of rotatable bonds is 4. The van der Waals surface area contributed by atoms with E-state index in [1.165, 1.54) is 0 Å². The lowest BCUT2D eigenvalue weighted by Gasteiger charge is -2.40. The smallest absolute Gasteiger partial charge is 0.407 e. The van der Waals surface area contributed by atoms with Crippen LogP contribution >= 0.6 is 0 Å². The molecule has 0 saturated carbocycles. The van der Waals surface area contributed by atoms with Crippen LogP contribution in [-0.4, -0.2) is 60.6 Å². The molecule has 0 aromatic heterocycles. The molecule has 1 aromatic rings. The molecule has 1 aliphatic rings. The topological polar surface area (TPSA) is 61.9 Å². The molecule has 6 heteroatoms. The van der Waals surface area contributed by atoms with E-state index >= 15 is 0 Å². The van der Waals surface area contributed by atoms with Crippen LogP contribution in [0.15, 0.2) is 30.3 Å². The average molecular weight is 347 g/mol. The molecule has 1 fully saturated rings. The van der Waals surface area contributed by atoms with E-state index in [4.69, 9.17) is 4.74 Å². The lowest BCUT2D eigenvalue weighted by atomic mass is 10.0. The molecule has 1 unspecified atom stereocenters. The van der Waals surface area contributed by atoms with Gasteiger partial charge in [-0.1, -0.05) is 30.3 Å². The van der Waals surface area contributed by atoms with Crippen molar-refractivity contribution >= 4 is 12.0 Å². The lowest BCUT2D eigenvalue weighted by molar-refractivity contribution is -0.136. The van der Waals surface area contributed by atoms with Gasteiger partial charge in [0.1, 0.15) is 5.60 Å². The first-order valence-electron chi connectivity index (χ1n) is 8.76. The molecule has 1 atom stereocenters. The maximum absolute atomic E-state index is 12.7. The zero-order valence-corrected chi connectivity index (χ0v) is 15.6. The number of carbonyl (C=O) groups excluding carboxylic acids is 2. The number of hydrogen-bond donors (Lipinski definition) is 1. The van der Waals surface area contributed by atoms with Gasteiger partial charge in [-0.25, -0.2) is 4.79 Å². The van der Waals surface area contributed by atoms with Crippen LogP contribution in [-0.2, 0) is 9.53 Å². The summed E-state index contributed by atoms with van der Waals surface area (Å²) in [5.41, 5.74) is 0.603. The molecule has 1 aromatic carbocycles. The van der Waals surface area contributed by atoms with Gasteiger partial charge in [0.15, 0.2) is 0 Å². The monoisotopic (exact) mass is 347 g/mol. The molecule has 1 aliphatic heterocycles. The number of piperazine rings is 1. The summed E-state index contributed by atoms with van der Waals surface area (Å²) in [6.07, 6.45) is -0.218. The fraction of sp³-hybridized carbons (Fsp3) is 0.579. The number of carbonyl (C=O) groups is 2. The molecule has 1 saturated heterocycles. The van der Waals surface area contributed by atoms with Crippen LogP contribution in [0.5, 0.6) is 0 Å². The Labute approximate surface area is 150 Å². The van der Waals surface area contributed by atoms with Crippen molar-refractivity contribution in [3.8, 4) is 0 Å². The first-order valence-corrected chi connectivity index (χ1v) is 8.76. The standard InChI is InChI=1S/C19H29N3O3/c1-19(2,3)25-18(24)20-11-10-17(23)22-13-12-21(4)14-16(22)15-8-6-5-7-9-15/h5-9,16H,10-14H2,1-4H3,(H,20,24). The molecule has 1 heterocycles. The summed E-state index contributed by atoms with van der Waals surface area (Å²) in [7, 11) is 2.07. The molecule has 2 rings (SSSR count). The summed E-state index contributed by atoms with van der Waals surface area (Å²) < 4.78 is 5.19. The van der Waals surface area contributed by atoms with Gasteiger partial charge in [-0.05, 0) is 33.4 Å². The SMILES string of the molecule is CN1CCN(C(=O)CCNC(=O)OC(C)(C)C)C(c2ccccc2)C1. The molecular weight excluding hydrogens is 318 g/mol. The van der Waals surface area contributed by atoms with Gasteiger partial charge in [-0.15, -0.1) is 0 Å². The van der Waals surface area contributed by atoms with Crippen molar-refractivity contribution in [1.29, 1.82) is 0 Å². The van der Waals surface area contributed by atoms with Gasteiger partial charge in [0.05, 0.1) is 6.04 Å². The number of nitrogens with one attached hydrogen (secondary N) is 1. The summed E-state index contributed by atoms with van der Waals surface area (Å²) in [6.45, 7) is 8.08. The van der Waals surface area contributed by atoms with E-state index in [2.05, 4.69) is 29.4 Å². The van der Waals surface area contributed by atoms with Crippen LogP contribution in [0, 0.1) is 0 Å². The highest BCUT2D eigenvalue weighted by atomic mass is 16.6. The minimum absolute atomic E-state index is 0.0500. The Morgan fingerprint density at radius 3 is 2.52 bits per heavy atom. The van der Waals surface area contributed by atoms with Crippen molar-refractivity contribution in [1.82, 2.24) is 15.1 Å². The second kappa shape index (κ2) is 8.34. The molecule has 138 valence electrons. The zero-order chi connectivity index (χ0) is 18.4. The number of hydrogen-bond acceptors (Lipinski definition) is 4. The molecule has 0 radical (unpaired) electrons. The third-order valence-corrected chi connectivity index (χ3v) is 4.10. The quantitative estimate of drug-likeness (QED) is 0.909. The summed E-state index contributed by atoms with van der Waals surface area (Å²) in [6, 6.07) is 10.1. The van der Waals surface area contributed by atoms with Crippen LogP contribution in [0.1, 0.15) is 38.8 Å². The summed E-state index contributed by atoms with van der Waals surface area (Å²) in [5.74, 6) is 0.0537. The van der Waals surface area contributed by atoms with E-state index in [0.29, 0.717) is 6.54 Å². The van der Waals surface area contributed by atoms with E-state index in [1.54, 1.807) is 0 Å². The van der Waals surface area contributed by atoms with E-state index in [-0.39, 0.29) is 24.9 Å². The predicted molar refractivity (Wildman–Crippen MR) is 97.2 cm³/mol. The van der Waals surface area contributed by atoms with Crippen molar-refractivity contribution in [2.75, 3.05) is 33.2 Å². The normalized spacial score (nSPS) is 18.7. The van der Waals surface area contributed by atoms with Crippen LogP contribution in [0.2, 0.25) is 0 Å². The number of alkyl carbamates (subject to hydrolysis) is 1. The van der Waals surface area contributed by atoms with E-state index in [9.17, 15) is 9.59 Å². The summed E-state index contributed by atoms with van der Waals surface area (Å²) in [5, 5.41) is 2.65. The Hall–Kier alpha value is -2.08. The van der Waals surface area contributed by atoms with Crippen molar-refractivity contribution < 1.29 is 14.3 Å². The zero-order valence-electron chi connectivity index (χ0n) is 15.6. The van der Waals surface area contributed by atoms with Crippen molar-refractivity contribution in [2.45, 2.75) is 38.8 Å². The van der Waals surface area contributed by atoms with Gasteiger partial charge in [0.2, 0.25) is 5.91 Å². The maximum atomic E-state index is 12.7. The fourth-order valence-electron chi connectivity index (χ4n) is 2.91. The van der Waals surface area contributed by atoms with Gasteiger partial charge in [-0.2, -0.15) is 0 Å². The highest BCUT2D eigenvalue weighted by Crippen LogP contribution is 2.25. The van der Waals surface area contributed by atoms with Crippen LogP contribution < -0.4 is 5.32 Å². The summed E-state index contributed by atoms with van der Waals surface area (Å²) >= 11 is 0. The number of ether oxygens (including phenoxy) is 1. The minimum atomic E-state index is -0.538. The Morgan fingerprint density at radius 2 is 1.88 bits per heavy atom. The molecule has 6 nitrogen and oxygen atoms in total. The van der Waals surface area contributed by atoms with Gasteiger partial charge >= 0.3 is 6.09 Å². The number of amides is 2. The third kappa shape index (κ3) is 6.05. The van der Waals surface area contributed by atoms with E-state index in [0.717, 1.165) is 18.7 Å². The van der Waals surface area contributed by atoms with E-state index in [1.807, 2.05) is 43.9 Å². The van der Waals surface area contributed by atoms with Gasteiger partial charge < -0.3 is 19.9 Å². The second-order valence-corrected chi connectivity index (χ2v) is 7.45. The highest BCUT2D eigenvalue weighted by Gasteiger charge is 2.29. The van der Waals surface area contributed by atoms with E-state index < -0.39 is 11.7 Å². The van der Waals surface area contributed by atoms with Crippen molar-refractivity contribution in [2.24, 2.45) is 0 Å². The Kier molecular flexibility index (Phi) is 6.42. The average Bonchev–Trinajstić information content (AvgIpc) is 2.53. The molecule has 0 aliphatic carbocycles. The predicted octanol–water partition coefficient (Wildman–Crippen LogP) is 2.42. The third-order valence-electron chi connectivity index (χ3n) is 4.10. The summed E-state index contributed by atoms with van der Waals surface area (Å²) in [4.78, 5) is 28.5. The van der Waals surface area contributed by atoms with Crippen molar-refractivity contribution in [3.63, 3.8) is 0 Å².